The quantitative estimate of drug-likeness (QED) is 0.848. The third-order valence-corrected chi connectivity index (χ3v) is 6.30. The van der Waals surface area contributed by atoms with Crippen molar-refractivity contribution in [1.82, 2.24) is 0 Å². The molecule has 3 nitrogen and oxygen atoms in total. The van der Waals surface area contributed by atoms with Crippen LogP contribution in [0.25, 0.3) is 0 Å². The molecule has 106 valence electrons. The Balaban J connectivity index is 1.54. The van der Waals surface area contributed by atoms with Crippen LogP contribution >= 0.6 is 0 Å². The molecule has 5 rings (SSSR count). The molecule has 1 unspecified atom stereocenters. The summed E-state index contributed by atoms with van der Waals surface area (Å²) in [6, 6.07) is 0. The number of carboxylic acids is 1. The number of rotatable bonds is 4. The van der Waals surface area contributed by atoms with Gasteiger partial charge in [-0.25, -0.2) is 4.79 Å². The van der Waals surface area contributed by atoms with Crippen molar-refractivity contribution < 1.29 is 14.6 Å². The van der Waals surface area contributed by atoms with Gasteiger partial charge >= 0.3 is 5.97 Å². The minimum absolute atomic E-state index is 0.231. The van der Waals surface area contributed by atoms with Gasteiger partial charge in [0.2, 0.25) is 0 Å². The minimum atomic E-state index is -0.917. The fourth-order valence-corrected chi connectivity index (χ4v) is 5.31. The highest BCUT2D eigenvalue weighted by Crippen LogP contribution is 2.56. The van der Waals surface area contributed by atoms with Gasteiger partial charge in [0.05, 0.1) is 6.10 Å². The molecular weight excluding hydrogens is 240 g/mol. The lowest BCUT2D eigenvalue weighted by Crippen LogP contribution is -2.54. The average molecular weight is 264 g/mol. The van der Waals surface area contributed by atoms with E-state index in [1.165, 1.54) is 32.1 Å². The maximum absolute atomic E-state index is 11.6. The van der Waals surface area contributed by atoms with Crippen LogP contribution in [0, 0.1) is 29.6 Å². The first-order valence-electron chi connectivity index (χ1n) is 7.97. The molecule has 0 heterocycles. The first-order valence-corrected chi connectivity index (χ1v) is 7.97. The van der Waals surface area contributed by atoms with Gasteiger partial charge in [-0.15, -0.1) is 0 Å². The monoisotopic (exact) mass is 264 g/mol. The van der Waals surface area contributed by atoms with E-state index in [9.17, 15) is 9.90 Å². The van der Waals surface area contributed by atoms with Crippen molar-refractivity contribution in [1.29, 1.82) is 0 Å². The highest BCUT2D eigenvalue weighted by Gasteiger charge is 2.55. The standard InChI is InChI=1S/C16H24O3/c1-16(15(17)18,13-2-3-13)19-14-11-5-9-4-10(7-11)8-12(14)6-9/h9-14H,2-8H2,1H3,(H,17,18). The normalized spacial score (nSPS) is 47.1. The van der Waals surface area contributed by atoms with Crippen LogP contribution < -0.4 is 0 Å². The van der Waals surface area contributed by atoms with Crippen molar-refractivity contribution in [3.8, 4) is 0 Å². The van der Waals surface area contributed by atoms with Gasteiger partial charge in [0, 0.05) is 0 Å². The van der Waals surface area contributed by atoms with E-state index in [2.05, 4.69) is 0 Å². The summed E-state index contributed by atoms with van der Waals surface area (Å²) < 4.78 is 6.30. The summed E-state index contributed by atoms with van der Waals surface area (Å²) >= 11 is 0. The van der Waals surface area contributed by atoms with Crippen LogP contribution in [0.1, 0.15) is 51.9 Å². The molecule has 0 radical (unpaired) electrons. The zero-order valence-electron chi connectivity index (χ0n) is 11.7. The van der Waals surface area contributed by atoms with Crippen LogP contribution in [0.2, 0.25) is 0 Å². The summed E-state index contributed by atoms with van der Waals surface area (Å²) in [5.74, 6) is 2.63. The molecule has 0 saturated heterocycles. The van der Waals surface area contributed by atoms with Crippen molar-refractivity contribution in [2.45, 2.75) is 63.6 Å². The number of hydrogen-bond acceptors (Lipinski definition) is 2. The van der Waals surface area contributed by atoms with E-state index in [0.717, 1.165) is 24.7 Å². The summed E-state index contributed by atoms with van der Waals surface area (Å²) in [4.78, 5) is 11.6. The highest BCUT2D eigenvalue weighted by molar-refractivity contribution is 5.78. The maximum atomic E-state index is 11.6. The Bertz CT molecular complexity index is 373. The highest BCUT2D eigenvalue weighted by atomic mass is 16.5. The lowest BCUT2D eigenvalue weighted by Gasteiger charge is -2.55. The van der Waals surface area contributed by atoms with E-state index < -0.39 is 11.6 Å². The van der Waals surface area contributed by atoms with Gasteiger partial charge in [0.1, 0.15) is 0 Å². The number of aliphatic carboxylic acids is 1. The van der Waals surface area contributed by atoms with Gasteiger partial charge in [-0.05, 0) is 81.5 Å². The van der Waals surface area contributed by atoms with Gasteiger partial charge in [-0.2, -0.15) is 0 Å². The molecule has 5 fully saturated rings. The van der Waals surface area contributed by atoms with Crippen LogP contribution in [0.4, 0.5) is 0 Å². The summed E-state index contributed by atoms with van der Waals surface area (Å²) in [6.45, 7) is 1.82. The van der Waals surface area contributed by atoms with Crippen LogP contribution in [0.15, 0.2) is 0 Å². The Morgan fingerprint density at radius 2 is 1.58 bits per heavy atom. The summed E-state index contributed by atoms with van der Waals surface area (Å²) in [5.41, 5.74) is -0.917. The van der Waals surface area contributed by atoms with Crippen molar-refractivity contribution in [3.05, 3.63) is 0 Å². The zero-order valence-corrected chi connectivity index (χ0v) is 11.7. The van der Waals surface area contributed by atoms with Gasteiger partial charge < -0.3 is 9.84 Å². The van der Waals surface area contributed by atoms with E-state index in [0.29, 0.717) is 11.8 Å². The lowest BCUT2D eigenvalue weighted by atomic mass is 9.55. The zero-order chi connectivity index (χ0) is 13.2. The summed E-state index contributed by atoms with van der Waals surface area (Å²) in [6.07, 6.45) is 8.87. The van der Waals surface area contributed by atoms with Crippen molar-refractivity contribution in [2.75, 3.05) is 0 Å². The molecule has 5 aliphatic carbocycles. The molecule has 5 aliphatic rings. The second kappa shape index (κ2) is 3.97. The molecule has 0 aromatic heterocycles. The minimum Gasteiger partial charge on any atom is -0.479 e. The Hall–Kier alpha value is -0.570. The van der Waals surface area contributed by atoms with Gasteiger partial charge in [0.15, 0.2) is 5.60 Å². The fraction of sp³-hybridized carbons (Fsp3) is 0.938. The Morgan fingerprint density at radius 3 is 2.00 bits per heavy atom. The first-order chi connectivity index (χ1) is 9.06. The molecule has 4 bridgehead atoms. The van der Waals surface area contributed by atoms with Crippen molar-refractivity contribution in [2.24, 2.45) is 29.6 Å². The predicted molar refractivity (Wildman–Crippen MR) is 70.7 cm³/mol. The molecule has 0 aromatic rings. The Morgan fingerprint density at radius 1 is 1.05 bits per heavy atom. The largest absolute Gasteiger partial charge is 0.479 e. The van der Waals surface area contributed by atoms with Crippen LogP contribution in [-0.2, 0) is 9.53 Å². The van der Waals surface area contributed by atoms with E-state index in [1.807, 2.05) is 6.92 Å². The van der Waals surface area contributed by atoms with E-state index in [1.54, 1.807) is 0 Å². The van der Waals surface area contributed by atoms with Crippen molar-refractivity contribution in [3.63, 3.8) is 0 Å². The van der Waals surface area contributed by atoms with Gasteiger partial charge in [-0.1, -0.05) is 0 Å². The molecule has 0 aliphatic heterocycles. The smallest absolute Gasteiger partial charge is 0.335 e. The second-order valence-corrected chi connectivity index (χ2v) is 7.70. The van der Waals surface area contributed by atoms with Crippen LogP contribution in [-0.4, -0.2) is 22.8 Å². The Labute approximate surface area is 114 Å². The third-order valence-electron chi connectivity index (χ3n) is 6.30. The average Bonchev–Trinajstić information content (AvgIpc) is 3.16. The van der Waals surface area contributed by atoms with Gasteiger partial charge in [0.25, 0.3) is 0 Å². The summed E-state index contributed by atoms with van der Waals surface area (Å²) in [7, 11) is 0. The van der Waals surface area contributed by atoms with E-state index >= 15 is 0 Å². The number of ether oxygens (including phenoxy) is 1. The predicted octanol–water partition coefficient (Wildman–Crippen LogP) is 3.08. The molecule has 1 atom stereocenters. The van der Waals surface area contributed by atoms with E-state index in [4.69, 9.17) is 4.74 Å². The molecular formula is C16H24O3. The van der Waals surface area contributed by atoms with Crippen LogP contribution in [0.5, 0.6) is 0 Å². The fourth-order valence-electron chi connectivity index (χ4n) is 5.31. The molecule has 1 N–H and O–H groups in total. The molecule has 3 heteroatoms. The number of carbonyl (C=O) groups is 1. The molecule has 0 amide bonds. The topological polar surface area (TPSA) is 46.5 Å². The molecule has 0 spiro atoms. The maximum Gasteiger partial charge on any atom is 0.335 e. The Kier molecular flexibility index (Phi) is 2.55. The lowest BCUT2D eigenvalue weighted by molar-refractivity contribution is -0.207. The van der Waals surface area contributed by atoms with Crippen molar-refractivity contribution >= 4 is 5.97 Å². The van der Waals surface area contributed by atoms with E-state index in [-0.39, 0.29) is 12.0 Å². The first kappa shape index (κ1) is 12.2. The molecule has 5 saturated carbocycles. The van der Waals surface area contributed by atoms with Gasteiger partial charge in [-0.3, -0.25) is 0 Å². The number of carboxylic acid groups (broad SMARTS) is 1. The molecule has 19 heavy (non-hydrogen) atoms. The molecule has 0 aromatic carbocycles. The SMILES string of the molecule is CC(OC1C2CC3CC(C2)CC1C3)(C(=O)O)C1CC1. The second-order valence-electron chi connectivity index (χ2n) is 7.70. The number of hydrogen-bond donors (Lipinski definition) is 1. The third kappa shape index (κ3) is 1.84. The van der Waals surface area contributed by atoms with Crippen LogP contribution in [0.3, 0.4) is 0 Å². The summed E-state index contributed by atoms with van der Waals surface area (Å²) in [5, 5.41) is 9.57.